The third-order valence-electron chi connectivity index (χ3n) is 3.46. The van der Waals surface area contributed by atoms with E-state index in [1.54, 1.807) is 0 Å². The van der Waals surface area contributed by atoms with Crippen LogP contribution in [0.2, 0.25) is 5.02 Å². The van der Waals surface area contributed by atoms with E-state index in [1.165, 1.54) is 11.6 Å². The third kappa shape index (κ3) is 4.80. The summed E-state index contributed by atoms with van der Waals surface area (Å²) in [5, 5.41) is 4.07. The van der Waals surface area contributed by atoms with Crippen LogP contribution in [0.15, 0.2) is 46.9 Å². The Morgan fingerprint density at radius 2 is 1.90 bits per heavy atom. The SMILES string of the molecule is CCNCC(Cc1ccc(Br)cc1F)c1ccc(Cl)cc1. The smallest absolute Gasteiger partial charge is 0.127 e. The lowest BCUT2D eigenvalue weighted by Crippen LogP contribution is -2.23. The van der Waals surface area contributed by atoms with Gasteiger partial charge >= 0.3 is 0 Å². The van der Waals surface area contributed by atoms with Gasteiger partial charge in [-0.25, -0.2) is 4.39 Å². The molecule has 1 atom stereocenters. The van der Waals surface area contributed by atoms with E-state index in [1.807, 2.05) is 36.4 Å². The average Bonchev–Trinajstić information content (AvgIpc) is 2.46. The highest BCUT2D eigenvalue weighted by atomic mass is 79.9. The molecular formula is C17H18BrClFN. The van der Waals surface area contributed by atoms with E-state index in [-0.39, 0.29) is 11.7 Å². The van der Waals surface area contributed by atoms with Crippen LogP contribution in [0.25, 0.3) is 0 Å². The first-order chi connectivity index (χ1) is 10.1. The van der Waals surface area contributed by atoms with Crippen molar-refractivity contribution in [2.45, 2.75) is 19.3 Å². The summed E-state index contributed by atoms with van der Waals surface area (Å²) < 4.78 is 14.8. The zero-order valence-electron chi connectivity index (χ0n) is 11.9. The second-order valence-electron chi connectivity index (χ2n) is 5.00. The van der Waals surface area contributed by atoms with E-state index in [4.69, 9.17) is 11.6 Å². The number of benzene rings is 2. The second kappa shape index (κ2) is 7.92. The second-order valence-corrected chi connectivity index (χ2v) is 6.35. The molecule has 1 unspecified atom stereocenters. The van der Waals surface area contributed by atoms with Gasteiger partial charge in [0.1, 0.15) is 5.82 Å². The van der Waals surface area contributed by atoms with Crippen molar-refractivity contribution < 1.29 is 4.39 Å². The van der Waals surface area contributed by atoms with Gasteiger partial charge in [-0.1, -0.05) is 52.7 Å². The molecule has 0 aliphatic carbocycles. The van der Waals surface area contributed by atoms with E-state index in [0.29, 0.717) is 6.42 Å². The van der Waals surface area contributed by atoms with Crippen LogP contribution in [0.4, 0.5) is 4.39 Å². The summed E-state index contributed by atoms with van der Waals surface area (Å²) >= 11 is 9.23. The Morgan fingerprint density at radius 3 is 2.52 bits per heavy atom. The van der Waals surface area contributed by atoms with Gasteiger partial charge in [-0.05, 0) is 48.4 Å². The fraction of sp³-hybridized carbons (Fsp3) is 0.294. The van der Waals surface area contributed by atoms with Gasteiger partial charge in [0, 0.05) is 22.0 Å². The van der Waals surface area contributed by atoms with Crippen LogP contribution in [0, 0.1) is 5.82 Å². The number of halogens is 3. The fourth-order valence-corrected chi connectivity index (χ4v) is 2.77. The predicted octanol–water partition coefficient (Wildman–Crippen LogP) is 5.18. The van der Waals surface area contributed by atoms with E-state index < -0.39 is 0 Å². The quantitative estimate of drug-likeness (QED) is 0.739. The molecule has 0 bridgehead atoms. The van der Waals surface area contributed by atoms with Gasteiger partial charge in [-0.15, -0.1) is 0 Å². The highest BCUT2D eigenvalue weighted by molar-refractivity contribution is 9.10. The van der Waals surface area contributed by atoms with Crippen LogP contribution in [0.3, 0.4) is 0 Å². The van der Waals surface area contributed by atoms with Crippen LogP contribution in [0.1, 0.15) is 24.0 Å². The third-order valence-corrected chi connectivity index (χ3v) is 4.21. The molecule has 0 fully saturated rings. The maximum atomic E-state index is 14.0. The van der Waals surface area contributed by atoms with Gasteiger partial charge in [0.2, 0.25) is 0 Å². The molecule has 0 aliphatic rings. The van der Waals surface area contributed by atoms with Crippen LogP contribution in [0.5, 0.6) is 0 Å². The zero-order chi connectivity index (χ0) is 15.2. The number of likely N-dealkylation sites (N-methyl/N-ethyl adjacent to an activating group) is 1. The summed E-state index contributed by atoms with van der Waals surface area (Å²) in [5.41, 5.74) is 1.90. The summed E-state index contributed by atoms with van der Waals surface area (Å²) in [6, 6.07) is 13.0. The molecule has 2 aromatic rings. The van der Waals surface area contributed by atoms with Crippen molar-refractivity contribution >= 4 is 27.5 Å². The van der Waals surface area contributed by atoms with Crippen LogP contribution >= 0.6 is 27.5 Å². The van der Waals surface area contributed by atoms with Crippen LogP contribution in [-0.4, -0.2) is 13.1 Å². The van der Waals surface area contributed by atoms with Gasteiger partial charge in [0.15, 0.2) is 0 Å². The zero-order valence-corrected chi connectivity index (χ0v) is 14.2. The minimum absolute atomic E-state index is 0.167. The van der Waals surface area contributed by atoms with E-state index in [9.17, 15) is 4.39 Å². The largest absolute Gasteiger partial charge is 0.316 e. The molecule has 0 saturated carbocycles. The Hall–Kier alpha value is -0.900. The van der Waals surface area contributed by atoms with Gasteiger partial charge in [-0.2, -0.15) is 0 Å². The summed E-state index contributed by atoms with van der Waals surface area (Å²) in [4.78, 5) is 0. The predicted molar refractivity (Wildman–Crippen MR) is 90.5 cm³/mol. The summed E-state index contributed by atoms with van der Waals surface area (Å²) in [6.45, 7) is 3.78. The summed E-state index contributed by atoms with van der Waals surface area (Å²) in [5.74, 6) is 0.0535. The van der Waals surface area contributed by atoms with Crippen molar-refractivity contribution in [3.05, 3.63) is 68.9 Å². The fourth-order valence-electron chi connectivity index (χ4n) is 2.31. The lowest BCUT2D eigenvalue weighted by atomic mass is 9.91. The molecule has 0 aliphatic heterocycles. The maximum absolute atomic E-state index is 14.0. The van der Waals surface area contributed by atoms with Crippen molar-refractivity contribution in [1.29, 1.82) is 0 Å². The Labute approximate surface area is 138 Å². The first kappa shape index (κ1) is 16.5. The van der Waals surface area contributed by atoms with E-state index >= 15 is 0 Å². The summed E-state index contributed by atoms with van der Waals surface area (Å²) in [6.07, 6.45) is 0.660. The Bertz CT molecular complexity index is 586. The molecule has 0 amide bonds. The van der Waals surface area contributed by atoms with Crippen molar-refractivity contribution in [2.24, 2.45) is 0 Å². The van der Waals surface area contributed by atoms with Crippen molar-refractivity contribution in [2.75, 3.05) is 13.1 Å². The topological polar surface area (TPSA) is 12.0 Å². The maximum Gasteiger partial charge on any atom is 0.127 e. The molecule has 2 aromatic carbocycles. The lowest BCUT2D eigenvalue weighted by molar-refractivity contribution is 0.562. The first-order valence-electron chi connectivity index (χ1n) is 7.00. The molecule has 2 rings (SSSR count). The first-order valence-corrected chi connectivity index (χ1v) is 8.17. The molecule has 0 heterocycles. The number of nitrogens with one attached hydrogen (secondary N) is 1. The van der Waals surface area contributed by atoms with Gasteiger partial charge in [0.25, 0.3) is 0 Å². The van der Waals surface area contributed by atoms with Crippen LogP contribution < -0.4 is 5.32 Å². The molecule has 0 spiro atoms. The Balaban J connectivity index is 2.21. The minimum atomic E-state index is -0.167. The lowest BCUT2D eigenvalue weighted by Gasteiger charge is -2.18. The normalized spacial score (nSPS) is 12.4. The molecule has 112 valence electrons. The standard InChI is InChI=1S/C17H18BrClFN/c1-2-21-11-14(12-4-7-16(19)8-5-12)9-13-3-6-15(18)10-17(13)20/h3-8,10,14,21H,2,9,11H2,1H3. The number of hydrogen-bond acceptors (Lipinski definition) is 1. The minimum Gasteiger partial charge on any atom is -0.316 e. The summed E-state index contributed by atoms with van der Waals surface area (Å²) in [7, 11) is 0. The molecule has 1 nitrogen and oxygen atoms in total. The van der Waals surface area contributed by atoms with Crippen molar-refractivity contribution in [1.82, 2.24) is 5.32 Å². The highest BCUT2D eigenvalue weighted by Crippen LogP contribution is 2.25. The Kier molecular flexibility index (Phi) is 6.22. The van der Waals surface area contributed by atoms with Crippen molar-refractivity contribution in [3.8, 4) is 0 Å². The monoisotopic (exact) mass is 369 g/mol. The highest BCUT2D eigenvalue weighted by Gasteiger charge is 2.14. The van der Waals surface area contributed by atoms with Gasteiger partial charge < -0.3 is 5.32 Å². The number of hydrogen-bond donors (Lipinski definition) is 1. The number of rotatable bonds is 6. The van der Waals surface area contributed by atoms with E-state index in [2.05, 4.69) is 28.2 Å². The molecule has 1 N–H and O–H groups in total. The molecular weight excluding hydrogens is 353 g/mol. The molecule has 21 heavy (non-hydrogen) atoms. The van der Waals surface area contributed by atoms with Crippen molar-refractivity contribution in [3.63, 3.8) is 0 Å². The van der Waals surface area contributed by atoms with Gasteiger partial charge in [-0.3, -0.25) is 0 Å². The molecule has 4 heteroatoms. The molecule has 0 aromatic heterocycles. The molecule has 0 radical (unpaired) electrons. The van der Waals surface area contributed by atoms with Crippen LogP contribution in [-0.2, 0) is 6.42 Å². The molecule has 0 saturated heterocycles. The average molecular weight is 371 g/mol. The van der Waals surface area contributed by atoms with Gasteiger partial charge in [0.05, 0.1) is 0 Å². The van der Waals surface area contributed by atoms with E-state index in [0.717, 1.165) is 28.1 Å². The Morgan fingerprint density at radius 1 is 1.19 bits per heavy atom.